The molecule has 0 spiro atoms. The molecule has 2 N–H and O–H groups in total. The molecule has 2 fully saturated rings. The predicted octanol–water partition coefficient (Wildman–Crippen LogP) is 2.49. The van der Waals surface area contributed by atoms with Gasteiger partial charge in [-0.2, -0.15) is 0 Å². The molecule has 0 aromatic rings. The summed E-state index contributed by atoms with van der Waals surface area (Å²) < 4.78 is 26.0. The van der Waals surface area contributed by atoms with Crippen LogP contribution in [0.2, 0.25) is 0 Å². The molecule has 0 aromatic heterocycles. The first-order valence-electron chi connectivity index (χ1n) is 6.92. The van der Waals surface area contributed by atoms with Crippen LogP contribution in [0, 0.1) is 5.92 Å². The topological polar surface area (TPSA) is 41.1 Å². The number of nitrogens with one attached hydrogen (secondary N) is 2. The van der Waals surface area contributed by atoms with Gasteiger partial charge in [-0.05, 0) is 31.6 Å². The molecule has 6 heteroatoms. The molecule has 1 heterocycles. The van der Waals surface area contributed by atoms with Crippen molar-refractivity contribution in [2.24, 2.45) is 5.92 Å². The second-order valence-electron chi connectivity index (χ2n) is 5.63. The van der Waals surface area contributed by atoms with Gasteiger partial charge in [0.1, 0.15) is 0 Å². The van der Waals surface area contributed by atoms with E-state index in [9.17, 15) is 13.6 Å². The van der Waals surface area contributed by atoms with Gasteiger partial charge in [-0.15, -0.1) is 12.4 Å². The Morgan fingerprint density at radius 3 is 2.42 bits per heavy atom. The lowest BCUT2D eigenvalue weighted by Gasteiger charge is -2.29. The summed E-state index contributed by atoms with van der Waals surface area (Å²) >= 11 is 0. The minimum Gasteiger partial charge on any atom is -0.352 e. The summed E-state index contributed by atoms with van der Waals surface area (Å²) in [5, 5.41) is 5.50. The van der Waals surface area contributed by atoms with E-state index in [-0.39, 0.29) is 37.3 Å². The standard InChI is InChI=1S/C13H22F2N2O.ClH/c1-2-9-3-5-10(6-4-9)17-12(18)11-7-13(14,15)8-16-11;/h9-11,16H,2-8H2,1H3,(H,17,18);1H. The lowest BCUT2D eigenvalue weighted by atomic mass is 9.84. The molecule has 1 saturated carbocycles. The van der Waals surface area contributed by atoms with Gasteiger partial charge in [0.15, 0.2) is 0 Å². The predicted molar refractivity (Wildman–Crippen MR) is 72.8 cm³/mol. The third kappa shape index (κ3) is 4.56. The van der Waals surface area contributed by atoms with Gasteiger partial charge in [0.25, 0.3) is 5.92 Å². The van der Waals surface area contributed by atoms with Gasteiger partial charge in [-0.1, -0.05) is 13.3 Å². The smallest absolute Gasteiger partial charge is 0.262 e. The van der Waals surface area contributed by atoms with E-state index in [0.29, 0.717) is 0 Å². The Morgan fingerprint density at radius 2 is 1.95 bits per heavy atom. The van der Waals surface area contributed by atoms with Crippen LogP contribution in [0.15, 0.2) is 0 Å². The molecule has 0 radical (unpaired) electrons. The van der Waals surface area contributed by atoms with Crippen LogP contribution in [0.1, 0.15) is 45.4 Å². The lowest BCUT2D eigenvalue weighted by Crippen LogP contribution is -2.46. The lowest BCUT2D eigenvalue weighted by molar-refractivity contribution is -0.124. The van der Waals surface area contributed by atoms with Crippen molar-refractivity contribution < 1.29 is 13.6 Å². The Balaban J connectivity index is 0.00000180. The fourth-order valence-electron chi connectivity index (χ4n) is 2.92. The van der Waals surface area contributed by atoms with Crippen LogP contribution in [0.5, 0.6) is 0 Å². The Bertz CT molecular complexity index is 307. The maximum absolute atomic E-state index is 13.0. The summed E-state index contributed by atoms with van der Waals surface area (Å²) in [4.78, 5) is 11.8. The zero-order chi connectivity index (χ0) is 13.2. The third-order valence-corrected chi connectivity index (χ3v) is 4.20. The molecule has 1 aliphatic heterocycles. The van der Waals surface area contributed by atoms with E-state index in [1.807, 2.05) is 0 Å². The van der Waals surface area contributed by atoms with E-state index in [4.69, 9.17) is 0 Å². The van der Waals surface area contributed by atoms with Crippen LogP contribution in [0.3, 0.4) is 0 Å². The van der Waals surface area contributed by atoms with Crippen molar-refractivity contribution in [1.29, 1.82) is 0 Å². The van der Waals surface area contributed by atoms with Crippen LogP contribution in [-0.2, 0) is 4.79 Å². The first kappa shape index (κ1) is 16.6. The molecule has 1 aliphatic carbocycles. The zero-order valence-corrected chi connectivity index (χ0v) is 12.1. The number of alkyl halides is 2. The van der Waals surface area contributed by atoms with Crippen molar-refractivity contribution in [1.82, 2.24) is 10.6 Å². The second-order valence-corrected chi connectivity index (χ2v) is 5.63. The van der Waals surface area contributed by atoms with E-state index in [1.54, 1.807) is 0 Å². The molecule has 0 aromatic carbocycles. The van der Waals surface area contributed by atoms with Crippen molar-refractivity contribution in [3.05, 3.63) is 0 Å². The third-order valence-electron chi connectivity index (χ3n) is 4.20. The molecule has 1 atom stereocenters. The fourth-order valence-corrected chi connectivity index (χ4v) is 2.92. The number of hydrogen-bond donors (Lipinski definition) is 2. The highest BCUT2D eigenvalue weighted by molar-refractivity contribution is 5.85. The summed E-state index contributed by atoms with van der Waals surface area (Å²) in [6, 6.07) is -0.541. The number of halogens is 3. The quantitative estimate of drug-likeness (QED) is 0.840. The molecular formula is C13H23ClF2N2O. The normalized spacial score (nSPS) is 33.5. The first-order chi connectivity index (χ1) is 8.50. The summed E-state index contributed by atoms with van der Waals surface area (Å²) in [6.07, 6.45) is 5.05. The first-order valence-corrected chi connectivity index (χ1v) is 6.92. The van der Waals surface area contributed by atoms with Crippen LogP contribution < -0.4 is 10.6 Å². The fraction of sp³-hybridized carbons (Fsp3) is 0.923. The second kappa shape index (κ2) is 6.84. The monoisotopic (exact) mass is 296 g/mol. The Hall–Kier alpha value is -0.420. The van der Waals surface area contributed by atoms with E-state index in [1.165, 1.54) is 6.42 Å². The van der Waals surface area contributed by atoms with Crippen LogP contribution in [0.25, 0.3) is 0 Å². The molecule has 1 unspecified atom stereocenters. The van der Waals surface area contributed by atoms with Crippen LogP contribution in [0.4, 0.5) is 8.78 Å². The van der Waals surface area contributed by atoms with Crippen LogP contribution in [-0.4, -0.2) is 30.5 Å². The summed E-state index contributed by atoms with van der Waals surface area (Å²) in [5.74, 6) is -2.22. The van der Waals surface area contributed by atoms with Gasteiger partial charge in [0.2, 0.25) is 5.91 Å². The van der Waals surface area contributed by atoms with Gasteiger partial charge in [-0.3, -0.25) is 10.1 Å². The van der Waals surface area contributed by atoms with E-state index < -0.39 is 12.0 Å². The van der Waals surface area contributed by atoms with Gasteiger partial charge >= 0.3 is 0 Å². The molecular weight excluding hydrogens is 274 g/mol. The zero-order valence-electron chi connectivity index (χ0n) is 11.3. The van der Waals surface area contributed by atoms with Crippen molar-refractivity contribution in [3.63, 3.8) is 0 Å². The van der Waals surface area contributed by atoms with Gasteiger partial charge in [-0.25, -0.2) is 8.78 Å². The van der Waals surface area contributed by atoms with Crippen molar-refractivity contribution >= 4 is 18.3 Å². The number of hydrogen-bond acceptors (Lipinski definition) is 2. The summed E-state index contributed by atoms with van der Waals surface area (Å²) in [6.45, 7) is 1.81. The molecule has 1 saturated heterocycles. The SMILES string of the molecule is CCC1CCC(NC(=O)C2CC(F)(F)CN2)CC1.Cl. The van der Waals surface area contributed by atoms with Gasteiger partial charge in [0, 0.05) is 12.5 Å². The number of carbonyl (C=O) groups is 1. The molecule has 1 amide bonds. The Labute approximate surface area is 119 Å². The highest BCUT2D eigenvalue weighted by Gasteiger charge is 2.42. The van der Waals surface area contributed by atoms with Crippen molar-refractivity contribution in [3.8, 4) is 0 Å². The van der Waals surface area contributed by atoms with Gasteiger partial charge in [0.05, 0.1) is 12.6 Å². The average Bonchev–Trinajstić information content (AvgIpc) is 2.71. The molecule has 0 bridgehead atoms. The van der Waals surface area contributed by atoms with E-state index in [2.05, 4.69) is 17.6 Å². The number of carbonyl (C=O) groups excluding carboxylic acids is 1. The molecule has 112 valence electrons. The number of rotatable bonds is 3. The highest BCUT2D eigenvalue weighted by Crippen LogP contribution is 2.28. The van der Waals surface area contributed by atoms with Gasteiger partial charge < -0.3 is 5.32 Å². The Morgan fingerprint density at radius 1 is 1.32 bits per heavy atom. The Kier molecular flexibility index (Phi) is 5.99. The maximum atomic E-state index is 13.0. The summed E-state index contributed by atoms with van der Waals surface area (Å²) in [7, 11) is 0. The van der Waals surface area contributed by atoms with E-state index in [0.717, 1.165) is 31.6 Å². The largest absolute Gasteiger partial charge is 0.352 e. The minimum atomic E-state index is -2.73. The van der Waals surface area contributed by atoms with Crippen molar-refractivity contribution in [2.75, 3.05) is 6.54 Å². The molecule has 19 heavy (non-hydrogen) atoms. The molecule has 2 aliphatic rings. The number of amides is 1. The average molecular weight is 297 g/mol. The van der Waals surface area contributed by atoms with Crippen molar-refractivity contribution in [2.45, 2.75) is 63.5 Å². The van der Waals surface area contributed by atoms with E-state index >= 15 is 0 Å². The highest BCUT2D eigenvalue weighted by atomic mass is 35.5. The summed E-state index contributed by atoms with van der Waals surface area (Å²) in [5.41, 5.74) is 0. The molecule has 3 nitrogen and oxygen atoms in total. The molecule has 2 rings (SSSR count). The van der Waals surface area contributed by atoms with Crippen LogP contribution >= 0.6 is 12.4 Å². The maximum Gasteiger partial charge on any atom is 0.262 e. The minimum absolute atomic E-state index is 0.